The van der Waals surface area contributed by atoms with E-state index in [1.54, 1.807) is 12.1 Å². The maximum atomic E-state index is 11.7. The second-order valence-corrected chi connectivity index (χ2v) is 5.70. The van der Waals surface area contributed by atoms with Crippen LogP contribution in [0.5, 0.6) is 5.75 Å². The van der Waals surface area contributed by atoms with E-state index in [1.165, 1.54) is 0 Å². The van der Waals surface area contributed by atoms with Crippen LogP contribution in [0, 0.1) is 0 Å². The van der Waals surface area contributed by atoms with Crippen LogP contribution >= 0.6 is 0 Å². The normalized spacial score (nSPS) is 11.8. The molecule has 128 valence electrons. The number of aliphatic hydroxyl groups excluding tert-OH is 1. The van der Waals surface area contributed by atoms with Crippen LogP contribution in [0.15, 0.2) is 54.6 Å². The zero-order valence-electron chi connectivity index (χ0n) is 13.9. The molecule has 0 aliphatic rings. The zero-order valence-corrected chi connectivity index (χ0v) is 13.9. The molecule has 0 radical (unpaired) electrons. The minimum Gasteiger partial charge on any atom is -0.491 e. The molecule has 1 unspecified atom stereocenters. The monoisotopic (exact) mass is 329 g/mol. The van der Waals surface area contributed by atoms with Crippen LogP contribution < -0.4 is 10.1 Å². The van der Waals surface area contributed by atoms with Crippen molar-refractivity contribution in [2.75, 3.05) is 6.54 Å². The molecule has 5 heteroatoms. The summed E-state index contributed by atoms with van der Waals surface area (Å²) >= 11 is 0. The van der Waals surface area contributed by atoms with Gasteiger partial charge in [0.1, 0.15) is 12.4 Å². The lowest BCUT2D eigenvalue weighted by molar-refractivity contribution is 0.126. The first-order valence-corrected chi connectivity index (χ1v) is 7.94. The van der Waals surface area contributed by atoms with Crippen molar-refractivity contribution in [3.63, 3.8) is 0 Å². The topological polar surface area (TPSA) is 67.8 Å². The molecular formula is C19H23NO4. The molecule has 0 fully saturated rings. The minimum absolute atomic E-state index is 0.0588. The molecule has 1 atom stereocenters. The molecule has 0 heterocycles. The van der Waals surface area contributed by atoms with Crippen LogP contribution in [0.3, 0.4) is 0 Å². The number of carbonyl (C=O) groups is 1. The van der Waals surface area contributed by atoms with E-state index < -0.39 is 12.2 Å². The van der Waals surface area contributed by atoms with Gasteiger partial charge in [-0.3, -0.25) is 0 Å². The molecule has 2 N–H and O–H groups in total. The number of alkyl carbamates (subject to hydrolysis) is 1. The lowest BCUT2D eigenvalue weighted by Gasteiger charge is -2.15. The fourth-order valence-electron chi connectivity index (χ4n) is 2.14. The van der Waals surface area contributed by atoms with Crippen molar-refractivity contribution in [3.05, 3.63) is 65.7 Å². The number of benzene rings is 2. The summed E-state index contributed by atoms with van der Waals surface area (Å²) in [5, 5.41) is 12.7. The van der Waals surface area contributed by atoms with Gasteiger partial charge in [0.05, 0.1) is 18.8 Å². The van der Waals surface area contributed by atoms with Crippen molar-refractivity contribution in [1.29, 1.82) is 0 Å². The molecule has 0 saturated carbocycles. The summed E-state index contributed by atoms with van der Waals surface area (Å²) in [6.45, 7) is 4.14. The second kappa shape index (κ2) is 8.93. The van der Waals surface area contributed by atoms with Gasteiger partial charge in [0.15, 0.2) is 0 Å². The van der Waals surface area contributed by atoms with Crippen molar-refractivity contribution >= 4 is 6.09 Å². The van der Waals surface area contributed by atoms with E-state index in [0.717, 1.165) is 5.56 Å². The quantitative estimate of drug-likeness (QED) is 0.816. The standard InChI is InChI=1S/C19H23NO4/c1-14(2)24-17-10-6-9-16(11-17)18(21)12-20-19(22)23-13-15-7-4-3-5-8-15/h3-11,14,18,21H,12-13H2,1-2H3,(H,20,22). The van der Waals surface area contributed by atoms with Crippen LogP contribution in [0.25, 0.3) is 0 Å². The maximum absolute atomic E-state index is 11.7. The fourth-order valence-corrected chi connectivity index (χ4v) is 2.14. The molecule has 0 aliphatic carbocycles. The third kappa shape index (κ3) is 5.93. The molecule has 0 saturated heterocycles. The van der Waals surface area contributed by atoms with E-state index in [9.17, 15) is 9.90 Å². The number of ether oxygens (including phenoxy) is 2. The third-order valence-electron chi connectivity index (χ3n) is 3.27. The van der Waals surface area contributed by atoms with Gasteiger partial charge in [0, 0.05) is 0 Å². The molecule has 2 rings (SSSR count). The Hall–Kier alpha value is -2.53. The number of nitrogens with one attached hydrogen (secondary N) is 1. The highest BCUT2D eigenvalue weighted by Crippen LogP contribution is 2.20. The Kier molecular flexibility index (Phi) is 6.63. The third-order valence-corrected chi connectivity index (χ3v) is 3.27. The van der Waals surface area contributed by atoms with E-state index in [0.29, 0.717) is 11.3 Å². The van der Waals surface area contributed by atoms with Crippen molar-refractivity contribution in [2.24, 2.45) is 0 Å². The first-order chi connectivity index (χ1) is 11.5. The Morgan fingerprint density at radius 3 is 2.58 bits per heavy atom. The summed E-state index contributed by atoms with van der Waals surface area (Å²) < 4.78 is 10.7. The van der Waals surface area contributed by atoms with Crippen LogP contribution in [0.2, 0.25) is 0 Å². The van der Waals surface area contributed by atoms with Gasteiger partial charge < -0.3 is 19.9 Å². The smallest absolute Gasteiger partial charge is 0.407 e. The van der Waals surface area contributed by atoms with Crippen molar-refractivity contribution < 1.29 is 19.4 Å². The van der Waals surface area contributed by atoms with E-state index in [4.69, 9.17) is 9.47 Å². The van der Waals surface area contributed by atoms with E-state index >= 15 is 0 Å². The number of aliphatic hydroxyl groups is 1. The molecule has 24 heavy (non-hydrogen) atoms. The summed E-state index contributed by atoms with van der Waals surface area (Å²) in [6, 6.07) is 16.6. The number of amides is 1. The van der Waals surface area contributed by atoms with Crippen molar-refractivity contribution in [1.82, 2.24) is 5.32 Å². The SMILES string of the molecule is CC(C)Oc1cccc(C(O)CNC(=O)OCc2ccccc2)c1. The van der Waals surface area contributed by atoms with Gasteiger partial charge in [-0.05, 0) is 37.1 Å². The average molecular weight is 329 g/mol. The van der Waals surface area contributed by atoms with Crippen molar-refractivity contribution in [2.45, 2.75) is 32.7 Å². The lowest BCUT2D eigenvalue weighted by Crippen LogP contribution is -2.28. The molecule has 0 aromatic heterocycles. The Morgan fingerprint density at radius 1 is 1.12 bits per heavy atom. The molecule has 0 aliphatic heterocycles. The maximum Gasteiger partial charge on any atom is 0.407 e. The predicted octanol–water partition coefficient (Wildman–Crippen LogP) is 3.43. The molecule has 0 bridgehead atoms. The fraction of sp³-hybridized carbons (Fsp3) is 0.316. The van der Waals surface area contributed by atoms with E-state index in [-0.39, 0.29) is 19.3 Å². The van der Waals surface area contributed by atoms with E-state index in [1.807, 2.05) is 56.3 Å². The summed E-state index contributed by atoms with van der Waals surface area (Å²) in [4.78, 5) is 11.7. The first kappa shape index (κ1) is 17.8. The van der Waals surface area contributed by atoms with E-state index in [2.05, 4.69) is 5.32 Å². The van der Waals surface area contributed by atoms with Crippen LogP contribution in [-0.2, 0) is 11.3 Å². The minimum atomic E-state index is -0.829. The lowest BCUT2D eigenvalue weighted by atomic mass is 10.1. The molecule has 5 nitrogen and oxygen atoms in total. The second-order valence-electron chi connectivity index (χ2n) is 5.70. The predicted molar refractivity (Wildman–Crippen MR) is 91.8 cm³/mol. The van der Waals surface area contributed by atoms with Crippen LogP contribution in [0.4, 0.5) is 4.79 Å². The summed E-state index contributed by atoms with van der Waals surface area (Å²) in [7, 11) is 0. The van der Waals surface area contributed by atoms with Crippen LogP contribution in [0.1, 0.15) is 31.1 Å². The number of hydrogen-bond donors (Lipinski definition) is 2. The molecule has 1 amide bonds. The molecule has 0 spiro atoms. The Balaban J connectivity index is 1.79. The highest BCUT2D eigenvalue weighted by molar-refractivity contribution is 5.67. The van der Waals surface area contributed by atoms with Crippen molar-refractivity contribution in [3.8, 4) is 5.75 Å². The highest BCUT2D eigenvalue weighted by atomic mass is 16.5. The van der Waals surface area contributed by atoms with Gasteiger partial charge in [-0.15, -0.1) is 0 Å². The van der Waals surface area contributed by atoms with Crippen LogP contribution in [-0.4, -0.2) is 23.8 Å². The average Bonchev–Trinajstić information content (AvgIpc) is 2.58. The first-order valence-electron chi connectivity index (χ1n) is 7.94. The number of hydrogen-bond acceptors (Lipinski definition) is 4. The summed E-state index contributed by atoms with van der Waals surface area (Å²) in [5.41, 5.74) is 1.59. The largest absolute Gasteiger partial charge is 0.491 e. The molecule has 2 aromatic rings. The summed E-state index contributed by atoms with van der Waals surface area (Å²) in [6.07, 6.45) is -1.33. The highest BCUT2D eigenvalue weighted by Gasteiger charge is 2.11. The van der Waals surface area contributed by atoms with Gasteiger partial charge >= 0.3 is 6.09 Å². The van der Waals surface area contributed by atoms with Gasteiger partial charge in [0.2, 0.25) is 0 Å². The summed E-state index contributed by atoms with van der Waals surface area (Å²) in [5.74, 6) is 0.688. The number of carbonyl (C=O) groups excluding carboxylic acids is 1. The van der Waals surface area contributed by atoms with Gasteiger partial charge in [-0.25, -0.2) is 4.79 Å². The van der Waals surface area contributed by atoms with Gasteiger partial charge in [-0.2, -0.15) is 0 Å². The number of rotatable bonds is 7. The molecule has 2 aromatic carbocycles. The van der Waals surface area contributed by atoms with Gasteiger partial charge in [0.25, 0.3) is 0 Å². The molecular weight excluding hydrogens is 306 g/mol. The van der Waals surface area contributed by atoms with Gasteiger partial charge in [-0.1, -0.05) is 42.5 Å². The Labute approximate surface area is 142 Å². The Morgan fingerprint density at radius 2 is 1.88 bits per heavy atom. The zero-order chi connectivity index (χ0) is 17.4. The Bertz CT molecular complexity index is 643.